The van der Waals surface area contributed by atoms with Gasteiger partial charge < -0.3 is 10.2 Å². The summed E-state index contributed by atoms with van der Waals surface area (Å²) in [5.74, 6) is -1.22. The Bertz CT molecular complexity index is 1320. The summed E-state index contributed by atoms with van der Waals surface area (Å²) >= 11 is 6.34. The van der Waals surface area contributed by atoms with Crippen molar-refractivity contribution in [1.29, 1.82) is 0 Å². The monoisotopic (exact) mass is 505 g/mol. The van der Waals surface area contributed by atoms with Crippen LogP contribution in [0.4, 0.5) is 15.8 Å². The minimum Gasteiger partial charge on any atom is -0.325 e. The third-order valence-electron chi connectivity index (χ3n) is 6.52. The number of anilines is 2. The molecule has 4 rings (SSSR count). The van der Waals surface area contributed by atoms with Gasteiger partial charge in [0, 0.05) is 21.8 Å². The number of hydrogen-bond donors (Lipinski definition) is 1. The number of fused-ring (bicyclic) bond motifs is 1. The van der Waals surface area contributed by atoms with Gasteiger partial charge in [-0.05, 0) is 60.4 Å². The fourth-order valence-corrected chi connectivity index (χ4v) is 4.49. The van der Waals surface area contributed by atoms with Crippen molar-refractivity contribution in [2.75, 3.05) is 16.8 Å². The smallest absolute Gasteiger partial charge is 0.252 e. The second-order valence-corrected chi connectivity index (χ2v) is 9.41. The first kappa shape index (κ1) is 25.6. The van der Waals surface area contributed by atoms with E-state index in [4.69, 9.17) is 16.6 Å². The lowest BCUT2D eigenvalue weighted by molar-refractivity contribution is -0.123. The number of amides is 2. The standard InChI is InChI=1S/C29H29ClFN3O2/c1-4-18(3)27-29(36)34(17-26(35)32-21-10-8-9-19(5-2)15-21)25-14-13-20(30)16-23(25)28(33-27)22-11-6-7-12-24(22)31/h6-16,18,27H,4-5,17H2,1-3H3,(H,32,35)/t18-,27-/m0/s1. The molecule has 1 aliphatic heterocycles. The number of rotatable bonds is 7. The van der Waals surface area contributed by atoms with Gasteiger partial charge in [0.15, 0.2) is 0 Å². The van der Waals surface area contributed by atoms with Crippen LogP contribution in [0.2, 0.25) is 5.02 Å². The first-order valence-corrected chi connectivity index (χ1v) is 12.5. The van der Waals surface area contributed by atoms with Crippen LogP contribution < -0.4 is 10.2 Å². The van der Waals surface area contributed by atoms with E-state index < -0.39 is 11.9 Å². The molecular weight excluding hydrogens is 477 g/mol. The lowest BCUT2D eigenvalue weighted by atomic mass is 9.97. The van der Waals surface area contributed by atoms with Crippen LogP contribution in [0.5, 0.6) is 0 Å². The molecule has 2 amide bonds. The minimum atomic E-state index is -0.785. The number of aliphatic imine (C=N–C) groups is 1. The van der Waals surface area contributed by atoms with Gasteiger partial charge >= 0.3 is 0 Å². The van der Waals surface area contributed by atoms with Crippen LogP contribution in [0.3, 0.4) is 0 Å². The van der Waals surface area contributed by atoms with Crippen LogP contribution >= 0.6 is 11.6 Å². The van der Waals surface area contributed by atoms with Crippen molar-refractivity contribution in [3.8, 4) is 0 Å². The Morgan fingerprint density at radius 1 is 1.08 bits per heavy atom. The molecular formula is C29H29ClFN3O2. The molecule has 0 spiro atoms. The summed E-state index contributed by atoms with van der Waals surface area (Å²) in [6.07, 6.45) is 1.53. The van der Waals surface area contributed by atoms with Crippen LogP contribution in [-0.4, -0.2) is 30.1 Å². The van der Waals surface area contributed by atoms with Gasteiger partial charge in [0.05, 0.1) is 11.4 Å². The van der Waals surface area contributed by atoms with Crippen LogP contribution in [0.15, 0.2) is 71.7 Å². The Hall–Kier alpha value is -3.51. The summed E-state index contributed by atoms with van der Waals surface area (Å²) in [6.45, 7) is 5.74. The molecule has 0 aliphatic carbocycles. The number of nitrogens with one attached hydrogen (secondary N) is 1. The van der Waals surface area contributed by atoms with Crippen LogP contribution in [-0.2, 0) is 16.0 Å². The van der Waals surface area contributed by atoms with Gasteiger partial charge in [0.25, 0.3) is 5.91 Å². The van der Waals surface area contributed by atoms with E-state index in [9.17, 15) is 14.0 Å². The van der Waals surface area contributed by atoms with E-state index in [-0.39, 0.29) is 29.8 Å². The Morgan fingerprint density at radius 2 is 1.86 bits per heavy atom. The molecule has 1 aliphatic rings. The molecule has 0 radical (unpaired) electrons. The van der Waals surface area contributed by atoms with E-state index in [0.29, 0.717) is 34.1 Å². The highest BCUT2D eigenvalue weighted by Gasteiger charge is 2.36. The highest BCUT2D eigenvalue weighted by molar-refractivity contribution is 6.32. The molecule has 7 heteroatoms. The third kappa shape index (κ3) is 5.34. The van der Waals surface area contributed by atoms with Gasteiger partial charge in [0.1, 0.15) is 18.4 Å². The molecule has 5 nitrogen and oxygen atoms in total. The summed E-state index contributed by atoms with van der Waals surface area (Å²) in [6, 6.07) is 18.2. The van der Waals surface area contributed by atoms with Gasteiger partial charge in [-0.25, -0.2) is 4.39 Å². The maximum Gasteiger partial charge on any atom is 0.252 e. The highest BCUT2D eigenvalue weighted by Crippen LogP contribution is 2.33. The normalized spacial score (nSPS) is 16.1. The number of aryl methyl sites for hydroxylation is 1. The molecule has 3 aromatic rings. The van der Waals surface area contributed by atoms with Crippen LogP contribution in [0.25, 0.3) is 0 Å². The molecule has 0 saturated heterocycles. The average Bonchev–Trinajstić information content (AvgIpc) is 2.98. The molecule has 0 saturated carbocycles. The Kier molecular flexibility index (Phi) is 7.85. The van der Waals surface area contributed by atoms with Gasteiger partial charge in [-0.1, -0.05) is 63.1 Å². The molecule has 0 bridgehead atoms. The minimum absolute atomic E-state index is 0.129. The number of benzene rings is 3. The van der Waals surface area contributed by atoms with Crippen molar-refractivity contribution < 1.29 is 14.0 Å². The zero-order valence-electron chi connectivity index (χ0n) is 20.6. The Labute approximate surface area is 216 Å². The van der Waals surface area contributed by atoms with E-state index in [1.807, 2.05) is 45.0 Å². The zero-order valence-corrected chi connectivity index (χ0v) is 21.3. The molecule has 36 heavy (non-hydrogen) atoms. The summed E-state index contributed by atoms with van der Waals surface area (Å²) in [5.41, 5.74) is 3.37. The fraction of sp³-hybridized carbons (Fsp3) is 0.276. The summed E-state index contributed by atoms with van der Waals surface area (Å²) in [7, 11) is 0. The molecule has 3 aromatic carbocycles. The van der Waals surface area contributed by atoms with Crippen molar-refractivity contribution in [2.24, 2.45) is 10.9 Å². The lowest BCUT2D eigenvalue weighted by Crippen LogP contribution is -2.44. The second-order valence-electron chi connectivity index (χ2n) is 8.98. The predicted molar refractivity (Wildman–Crippen MR) is 144 cm³/mol. The first-order valence-electron chi connectivity index (χ1n) is 12.1. The largest absolute Gasteiger partial charge is 0.325 e. The quantitative estimate of drug-likeness (QED) is 0.411. The number of carbonyl (C=O) groups is 2. The fourth-order valence-electron chi connectivity index (χ4n) is 4.31. The lowest BCUT2D eigenvalue weighted by Gasteiger charge is -2.26. The van der Waals surface area contributed by atoms with Crippen molar-refractivity contribution >= 4 is 40.5 Å². The molecule has 186 valence electrons. The molecule has 0 aromatic heterocycles. The topological polar surface area (TPSA) is 61.8 Å². The van der Waals surface area contributed by atoms with Crippen LogP contribution in [0.1, 0.15) is 43.9 Å². The molecule has 1 N–H and O–H groups in total. The van der Waals surface area contributed by atoms with Crippen molar-refractivity contribution in [3.63, 3.8) is 0 Å². The summed E-state index contributed by atoms with van der Waals surface area (Å²) in [4.78, 5) is 33.2. The van der Waals surface area contributed by atoms with Gasteiger partial charge in [-0.15, -0.1) is 0 Å². The highest BCUT2D eigenvalue weighted by atomic mass is 35.5. The molecule has 1 heterocycles. The summed E-state index contributed by atoms with van der Waals surface area (Å²) in [5, 5.41) is 3.32. The zero-order chi connectivity index (χ0) is 25.8. The van der Waals surface area contributed by atoms with Gasteiger partial charge in [-0.3, -0.25) is 14.6 Å². The Morgan fingerprint density at radius 3 is 2.58 bits per heavy atom. The van der Waals surface area contributed by atoms with E-state index in [1.165, 1.54) is 11.0 Å². The summed E-state index contributed by atoms with van der Waals surface area (Å²) < 4.78 is 14.9. The molecule has 0 fully saturated rings. The second kappa shape index (κ2) is 11.0. The average molecular weight is 506 g/mol. The van der Waals surface area contributed by atoms with Gasteiger partial charge in [-0.2, -0.15) is 0 Å². The van der Waals surface area contributed by atoms with Crippen molar-refractivity contribution in [2.45, 2.75) is 39.7 Å². The number of halogens is 2. The van der Waals surface area contributed by atoms with Crippen LogP contribution in [0, 0.1) is 11.7 Å². The van der Waals surface area contributed by atoms with E-state index in [1.54, 1.807) is 36.4 Å². The molecule has 2 atom stereocenters. The van der Waals surface area contributed by atoms with E-state index in [0.717, 1.165) is 12.0 Å². The Balaban J connectivity index is 1.79. The van der Waals surface area contributed by atoms with E-state index >= 15 is 0 Å². The van der Waals surface area contributed by atoms with Crippen molar-refractivity contribution in [3.05, 3.63) is 94.3 Å². The van der Waals surface area contributed by atoms with Gasteiger partial charge in [0.2, 0.25) is 5.91 Å². The third-order valence-corrected chi connectivity index (χ3v) is 6.76. The first-order chi connectivity index (χ1) is 17.3. The maximum atomic E-state index is 14.9. The predicted octanol–water partition coefficient (Wildman–Crippen LogP) is 6.28. The van der Waals surface area contributed by atoms with E-state index in [2.05, 4.69) is 5.32 Å². The molecule has 0 unspecified atom stereocenters. The number of carbonyl (C=O) groups excluding carboxylic acids is 2. The number of nitrogens with zero attached hydrogens (tertiary/aromatic N) is 2. The number of benzodiazepines with no additional fused rings is 1. The van der Waals surface area contributed by atoms with Crippen molar-refractivity contribution in [1.82, 2.24) is 0 Å². The maximum absolute atomic E-state index is 14.9. The number of hydrogen-bond acceptors (Lipinski definition) is 3. The SMILES string of the molecule is CCc1cccc(NC(=O)CN2C(=O)[C@H]([C@@H](C)CC)N=C(c3ccccc3F)c3cc(Cl)ccc32)c1.